The lowest BCUT2D eigenvalue weighted by Gasteiger charge is -2.10. The molecule has 0 fully saturated rings. The molecule has 2 heterocycles. The first-order chi connectivity index (χ1) is 16.7. The Balaban J connectivity index is 1.39. The Kier molecular flexibility index (Phi) is 8.11. The van der Waals surface area contributed by atoms with Crippen LogP contribution >= 0.6 is 11.8 Å². The molecule has 0 atom stereocenters. The van der Waals surface area contributed by atoms with Gasteiger partial charge in [0.15, 0.2) is 10.8 Å². The lowest BCUT2D eigenvalue weighted by atomic mass is 10.0. The summed E-state index contributed by atoms with van der Waals surface area (Å²) < 4.78 is 7.19. The number of carbonyl (C=O) groups is 1. The van der Waals surface area contributed by atoms with Gasteiger partial charge in [0, 0.05) is 25.3 Å². The molecule has 0 unspecified atom stereocenters. The zero-order valence-corrected chi connectivity index (χ0v) is 20.1. The van der Waals surface area contributed by atoms with Crippen molar-refractivity contribution < 1.29 is 9.53 Å². The van der Waals surface area contributed by atoms with Crippen molar-refractivity contribution in [2.75, 3.05) is 37.9 Å². The molecular weight excluding hydrogens is 448 g/mol. The van der Waals surface area contributed by atoms with Gasteiger partial charge in [-0.3, -0.25) is 4.79 Å². The molecular formula is C25H28N6O2S. The molecule has 0 radical (unpaired) electrons. The van der Waals surface area contributed by atoms with Crippen LogP contribution in [0.5, 0.6) is 0 Å². The number of ether oxygens (including phenoxy) is 1. The number of nitrogens with one attached hydrogen (secondary N) is 2. The summed E-state index contributed by atoms with van der Waals surface area (Å²) in [7, 11) is 0. The van der Waals surface area contributed by atoms with Gasteiger partial charge >= 0.3 is 0 Å². The molecule has 2 aromatic heterocycles. The van der Waals surface area contributed by atoms with Gasteiger partial charge < -0.3 is 15.4 Å². The number of anilines is 1. The van der Waals surface area contributed by atoms with Gasteiger partial charge in [-0.2, -0.15) is 5.10 Å². The third kappa shape index (κ3) is 5.73. The molecule has 2 aromatic carbocycles. The second kappa shape index (κ2) is 11.6. The van der Waals surface area contributed by atoms with E-state index in [1.807, 2.05) is 55.6 Å². The zero-order chi connectivity index (χ0) is 23.8. The lowest BCUT2D eigenvalue weighted by molar-refractivity contribution is 0.0952. The van der Waals surface area contributed by atoms with Crippen molar-refractivity contribution in [3.8, 4) is 11.1 Å². The van der Waals surface area contributed by atoms with E-state index in [0.29, 0.717) is 43.6 Å². The third-order valence-electron chi connectivity index (χ3n) is 5.26. The van der Waals surface area contributed by atoms with E-state index in [0.717, 1.165) is 28.0 Å². The van der Waals surface area contributed by atoms with E-state index in [1.54, 1.807) is 10.9 Å². The molecule has 0 saturated carbocycles. The van der Waals surface area contributed by atoms with Gasteiger partial charge in [0.25, 0.3) is 5.91 Å². The highest BCUT2D eigenvalue weighted by Crippen LogP contribution is 2.23. The second-order valence-electron chi connectivity index (χ2n) is 7.49. The Labute approximate surface area is 203 Å². The van der Waals surface area contributed by atoms with Crippen LogP contribution in [0.1, 0.15) is 17.3 Å². The first-order valence-electron chi connectivity index (χ1n) is 11.2. The van der Waals surface area contributed by atoms with E-state index in [-0.39, 0.29) is 5.91 Å². The van der Waals surface area contributed by atoms with Crippen molar-refractivity contribution in [1.82, 2.24) is 25.1 Å². The molecule has 8 nitrogen and oxygen atoms in total. The molecule has 1 amide bonds. The summed E-state index contributed by atoms with van der Waals surface area (Å²) in [5.74, 6) is 0.622. The monoisotopic (exact) mass is 476 g/mol. The van der Waals surface area contributed by atoms with Crippen molar-refractivity contribution >= 4 is 34.5 Å². The normalized spacial score (nSPS) is 11.0. The predicted molar refractivity (Wildman–Crippen MR) is 136 cm³/mol. The fourth-order valence-corrected chi connectivity index (χ4v) is 3.89. The summed E-state index contributed by atoms with van der Waals surface area (Å²) in [6, 6.07) is 17.7. The van der Waals surface area contributed by atoms with Gasteiger partial charge in [-0.15, -0.1) is 0 Å². The van der Waals surface area contributed by atoms with Crippen LogP contribution in [0.2, 0.25) is 0 Å². The Hall–Kier alpha value is -3.43. The lowest BCUT2D eigenvalue weighted by Crippen LogP contribution is -2.27. The van der Waals surface area contributed by atoms with Gasteiger partial charge in [0.05, 0.1) is 24.7 Å². The minimum Gasteiger partial charge on any atom is -0.380 e. The minimum atomic E-state index is -0.117. The molecule has 0 saturated heterocycles. The molecule has 2 N–H and O–H groups in total. The van der Waals surface area contributed by atoms with Gasteiger partial charge in [-0.25, -0.2) is 14.6 Å². The van der Waals surface area contributed by atoms with Crippen molar-refractivity contribution in [3.05, 3.63) is 66.4 Å². The number of thioether (sulfide) groups is 1. The van der Waals surface area contributed by atoms with Crippen molar-refractivity contribution in [2.24, 2.45) is 0 Å². The van der Waals surface area contributed by atoms with Crippen LogP contribution in [-0.2, 0) is 11.3 Å². The number of hydrogen-bond donors (Lipinski definition) is 2. The maximum atomic E-state index is 12.6. The van der Waals surface area contributed by atoms with Crippen molar-refractivity contribution in [2.45, 2.75) is 18.6 Å². The first-order valence-corrected chi connectivity index (χ1v) is 12.4. The summed E-state index contributed by atoms with van der Waals surface area (Å²) in [5.41, 5.74) is 3.56. The van der Waals surface area contributed by atoms with Crippen LogP contribution in [0, 0.1) is 0 Å². The van der Waals surface area contributed by atoms with Gasteiger partial charge in [-0.05, 0) is 36.4 Å². The highest BCUT2D eigenvalue weighted by Gasteiger charge is 2.13. The highest BCUT2D eigenvalue weighted by molar-refractivity contribution is 7.98. The van der Waals surface area contributed by atoms with Crippen molar-refractivity contribution in [1.29, 1.82) is 0 Å². The number of hydrogen-bond acceptors (Lipinski definition) is 7. The maximum absolute atomic E-state index is 12.6. The second-order valence-corrected chi connectivity index (χ2v) is 8.26. The summed E-state index contributed by atoms with van der Waals surface area (Å²) in [4.78, 5) is 21.8. The third-order valence-corrected chi connectivity index (χ3v) is 5.81. The summed E-state index contributed by atoms with van der Waals surface area (Å²) >= 11 is 1.47. The number of benzene rings is 2. The molecule has 0 spiro atoms. The van der Waals surface area contributed by atoms with E-state index < -0.39 is 0 Å². The number of carbonyl (C=O) groups excluding carboxylic acids is 1. The summed E-state index contributed by atoms with van der Waals surface area (Å²) in [6.07, 6.45) is 3.70. The molecule has 34 heavy (non-hydrogen) atoms. The van der Waals surface area contributed by atoms with Crippen LogP contribution in [0.3, 0.4) is 0 Å². The Morgan fingerprint density at radius 2 is 1.79 bits per heavy atom. The van der Waals surface area contributed by atoms with Crippen LogP contribution in [-0.4, -0.2) is 58.2 Å². The van der Waals surface area contributed by atoms with E-state index >= 15 is 0 Å². The SMILES string of the molecule is CCOCCNc1nc(SC)nc2c1cnn2CCNC(=O)c1ccc(-c2ccccc2)cc1. The Morgan fingerprint density at radius 3 is 2.53 bits per heavy atom. The maximum Gasteiger partial charge on any atom is 0.251 e. The zero-order valence-electron chi connectivity index (χ0n) is 19.3. The van der Waals surface area contributed by atoms with Gasteiger partial charge in [0.2, 0.25) is 0 Å². The fourth-order valence-electron chi connectivity index (χ4n) is 3.53. The van der Waals surface area contributed by atoms with Crippen LogP contribution in [0.4, 0.5) is 5.82 Å². The number of rotatable bonds is 11. The largest absolute Gasteiger partial charge is 0.380 e. The fraction of sp³-hybridized carbons (Fsp3) is 0.280. The molecule has 176 valence electrons. The van der Waals surface area contributed by atoms with Crippen LogP contribution < -0.4 is 10.6 Å². The number of nitrogens with zero attached hydrogens (tertiary/aromatic N) is 4. The van der Waals surface area contributed by atoms with E-state index in [2.05, 4.69) is 37.8 Å². The molecule has 4 aromatic rings. The molecule has 0 aliphatic heterocycles. The van der Waals surface area contributed by atoms with Crippen molar-refractivity contribution in [3.63, 3.8) is 0 Å². The quantitative estimate of drug-likeness (QED) is 0.191. The predicted octanol–water partition coefficient (Wildman–Crippen LogP) is 4.09. The van der Waals surface area contributed by atoms with Crippen LogP contribution in [0.25, 0.3) is 22.2 Å². The van der Waals surface area contributed by atoms with E-state index in [4.69, 9.17) is 4.74 Å². The number of fused-ring (bicyclic) bond motifs is 1. The van der Waals surface area contributed by atoms with E-state index in [1.165, 1.54) is 11.8 Å². The number of aromatic nitrogens is 4. The molecule has 4 rings (SSSR count). The van der Waals surface area contributed by atoms with Gasteiger partial charge in [-0.1, -0.05) is 54.2 Å². The van der Waals surface area contributed by atoms with Gasteiger partial charge in [0.1, 0.15) is 5.82 Å². The first kappa shape index (κ1) is 23.7. The molecule has 0 aliphatic carbocycles. The average Bonchev–Trinajstić information content (AvgIpc) is 3.30. The summed E-state index contributed by atoms with van der Waals surface area (Å²) in [6.45, 7) is 4.83. The summed E-state index contributed by atoms with van der Waals surface area (Å²) in [5, 5.41) is 12.3. The Bertz CT molecular complexity index is 1230. The van der Waals surface area contributed by atoms with E-state index in [9.17, 15) is 4.79 Å². The molecule has 0 bridgehead atoms. The standard InChI is InChI=1S/C25H28N6O2S/c1-3-33-16-14-26-22-21-17-28-31(23(21)30-25(29-22)34-2)15-13-27-24(32)20-11-9-19(10-12-20)18-7-5-4-6-8-18/h4-12,17H,3,13-16H2,1-2H3,(H,27,32)(H,26,29,30). The topological polar surface area (TPSA) is 94.0 Å². The molecule has 9 heteroatoms. The Morgan fingerprint density at radius 1 is 1.03 bits per heavy atom. The average molecular weight is 477 g/mol. The van der Waals surface area contributed by atoms with Crippen LogP contribution in [0.15, 0.2) is 66.0 Å². The smallest absolute Gasteiger partial charge is 0.251 e. The number of amides is 1. The highest BCUT2D eigenvalue weighted by atomic mass is 32.2. The minimum absolute atomic E-state index is 0.117. The molecule has 0 aliphatic rings.